The van der Waals surface area contributed by atoms with E-state index in [1.807, 2.05) is 30.7 Å². The van der Waals surface area contributed by atoms with Crippen LogP contribution in [0.3, 0.4) is 0 Å². The lowest BCUT2D eigenvalue weighted by molar-refractivity contribution is 0.295. The molecule has 0 amide bonds. The normalized spacial score (nSPS) is 10.8. The summed E-state index contributed by atoms with van der Waals surface area (Å²) in [5.41, 5.74) is 3.24. The molecule has 0 saturated carbocycles. The van der Waals surface area contributed by atoms with Crippen LogP contribution in [0.4, 0.5) is 0 Å². The largest absolute Gasteiger partial charge is 0.396 e. The predicted octanol–water partition coefficient (Wildman–Crippen LogP) is 2.69. The number of halogens is 1. The summed E-state index contributed by atoms with van der Waals surface area (Å²) in [7, 11) is 1.99. The summed E-state index contributed by atoms with van der Waals surface area (Å²) >= 11 is 3.48. The molecule has 0 fully saturated rings. The van der Waals surface area contributed by atoms with Crippen LogP contribution in [0.25, 0.3) is 11.3 Å². The highest BCUT2D eigenvalue weighted by atomic mass is 79.9. The lowest BCUT2D eigenvalue weighted by Gasteiger charge is -2.06. The van der Waals surface area contributed by atoms with E-state index in [1.165, 1.54) is 0 Å². The van der Waals surface area contributed by atoms with Crippen LogP contribution in [0.15, 0.2) is 28.7 Å². The number of aromatic nitrogens is 2. The number of benzene rings is 1. The molecule has 0 spiro atoms. The summed E-state index contributed by atoms with van der Waals surface area (Å²) in [6.45, 7) is 2.12. The number of rotatable bonds is 3. The zero-order valence-corrected chi connectivity index (χ0v) is 11.5. The second-order valence-corrected chi connectivity index (χ2v) is 4.92. The molecule has 2 rings (SSSR count). The molecule has 90 valence electrons. The number of nitrogens with zero attached hydrogens (tertiary/aromatic N) is 2. The van der Waals surface area contributed by atoms with Crippen molar-refractivity contribution in [2.45, 2.75) is 13.3 Å². The second kappa shape index (κ2) is 5.02. The SMILES string of the molecule is Cc1nc(CCO)n(C)c1-c1cccc(Br)c1. The number of hydrogen-bond acceptors (Lipinski definition) is 2. The monoisotopic (exact) mass is 294 g/mol. The fraction of sp³-hybridized carbons (Fsp3) is 0.308. The van der Waals surface area contributed by atoms with Crippen molar-refractivity contribution in [3.8, 4) is 11.3 Å². The van der Waals surface area contributed by atoms with Crippen molar-refractivity contribution in [1.29, 1.82) is 0 Å². The number of imidazole rings is 1. The zero-order chi connectivity index (χ0) is 12.4. The van der Waals surface area contributed by atoms with Crippen molar-refractivity contribution < 1.29 is 5.11 Å². The van der Waals surface area contributed by atoms with Gasteiger partial charge < -0.3 is 9.67 Å². The third kappa shape index (κ3) is 2.42. The van der Waals surface area contributed by atoms with E-state index in [2.05, 4.69) is 33.0 Å². The van der Waals surface area contributed by atoms with E-state index >= 15 is 0 Å². The predicted molar refractivity (Wildman–Crippen MR) is 71.9 cm³/mol. The Bertz CT molecular complexity index is 534. The topological polar surface area (TPSA) is 38.1 Å². The number of aliphatic hydroxyl groups is 1. The van der Waals surface area contributed by atoms with Crippen molar-refractivity contribution in [2.75, 3.05) is 6.61 Å². The van der Waals surface area contributed by atoms with E-state index in [4.69, 9.17) is 5.11 Å². The van der Waals surface area contributed by atoms with Crippen molar-refractivity contribution in [3.63, 3.8) is 0 Å². The van der Waals surface area contributed by atoms with Gasteiger partial charge in [-0.3, -0.25) is 0 Å². The molecule has 1 aromatic carbocycles. The van der Waals surface area contributed by atoms with Crippen LogP contribution in [-0.4, -0.2) is 21.3 Å². The molecule has 0 unspecified atom stereocenters. The molecule has 0 aliphatic rings. The van der Waals surface area contributed by atoms with Gasteiger partial charge in [-0.2, -0.15) is 0 Å². The van der Waals surface area contributed by atoms with E-state index in [1.54, 1.807) is 0 Å². The Morgan fingerprint density at radius 3 is 2.82 bits per heavy atom. The Hall–Kier alpha value is -1.13. The van der Waals surface area contributed by atoms with Gasteiger partial charge in [0.2, 0.25) is 0 Å². The molecule has 1 aromatic heterocycles. The summed E-state index contributed by atoms with van der Waals surface area (Å²) in [5, 5.41) is 9.00. The van der Waals surface area contributed by atoms with Gasteiger partial charge in [0.15, 0.2) is 0 Å². The van der Waals surface area contributed by atoms with Gasteiger partial charge in [0.1, 0.15) is 5.82 Å². The molecule has 4 heteroatoms. The van der Waals surface area contributed by atoms with Gasteiger partial charge in [-0.15, -0.1) is 0 Å². The first-order valence-electron chi connectivity index (χ1n) is 5.52. The maximum Gasteiger partial charge on any atom is 0.111 e. The summed E-state index contributed by atoms with van der Waals surface area (Å²) < 4.78 is 3.10. The maximum atomic E-state index is 9.00. The fourth-order valence-electron chi connectivity index (χ4n) is 2.06. The van der Waals surface area contributed by atoms with E-state index in [9.17, 15) is 0 Å². The number of aliphatic hydroxyl groups excluding tert-OH is 1. The lowest BCUT2D eigenvalue weighted by atomic mass is 10.1. The minimum Gasteiger partial charge on any atom is -0.396 e. The zero-order valence-electron chi connectivity index (χ0n) is 9.94. The standard InChI is InChI=1S/C13H15BrN2O/c1-9-13(10-4-3-5-11(14)8-10)16(2)12(15-9)6-7-17/h3-5,8,17H,6-7H2,1-2H3. The van der Waals surface area contributed by atoms with E-state index in [0.29, 0.717) is 6.42 Å². The van der Waals surface area contributed by atoms with Crippen molar-refractivity contribution >= 4 is 15.9 Å². The number of aryl methyl sites for hydroxylation is 1. The Morgan fingerprint density at radius 2 is 2.18 bits per heavy atom. The average molecular weight is 295 g/mol. The Labute approximate surface area is 109 Å². The van der Waals surface area contributed by atoms with Crippen LogP contribution in [-0.2, 0) is 13.5 Å². The van der Waals surface area contributed by atoms with Crippen molar-refractivity contribution in [3.05, 3.63) is 40.3 Å². The van der Waals surface area contributed by atoms with E-state index in [0.717, 1.165) is 27.2 Å². The van der Waals surface area contributed by atoms with Crippen LogP contribution in [0.5, 0.6) is 0 Å². The van der Waals surface area contributed by atoms with Crippen LogP contribution in [0.1, 0.15) is 11.5 Å². The summed E-state index contributed by atoms with van der Waals surface area (Å²) in [5.74, 6) is 0.917. The highest BCUT2D eigenvalue weighted by Gasteiger charge is 2.12. The van der Waals surface area contributed by atoms with Crippen molar-refractivity contribution in [2.24, 2.45) is 7.05 Å². The highest BCUT2D eigenvalue weighted by Crippen LogP contribution is 2.26. The minimum absolute atomic E-state index is 0.127. The molecule has 0 radical (unpaired) electrons. The molecule has 17 heavy (non-hydrogen) atoms. The quantitative estimate of drug-likeness (QED) is 0.945. The van der Waals surface area contributed by atoms with Crippen LogP contribution < -0.4 is 0 Å². The van der Waals surface area contributed by atoms with Crippen LogP contribution in [0.2, 0.25) is 0 Å². The van der Waals surface area contributed by atoms with Gasteiger partial charge in [0.25, 0.3) is 0 Å². The third-order valence-electron chi connectivity index (χ3n) is 2.80. The molecule has 0 bridgehead atoms. The first-order valence-corrected chi connectivity index (χ1v) is 6.31. The molecule has 0 aliphatic heterocycles. The molecule has 2 aromatic rings. The van der Waals surface area contributed by atoms with Gasteiger partial charge in [0, 0.05) is 23.5 Å². The first-order chi connectivity index (χ1) is 8.13. The number of hydrogen-bond donors (Lipinski definition) is 1. The molecule has 0 saturated heterocycles. The smallest absolute Gasteiger partial charge is 0.111 e. The maximum absolute atomic E-state index is 9.00. The Morgan fingerprint density at radius 1 is 1.41 bits per heavy atom. The highest BCUT2D eigenvalue weighted by molar-refractivity contribution is 9.10. The van der Waals surface area contributed by atoms with Gasteiger partial charge >= 0.3 is 0 Å². The Balaban J connectivity index is 2.52. The summed E-state index contributed by atoms with van der Waals surface area (Å²) in [4.78, 5) is 4.49. The molecule has 0 atom stereocenters. The summed E-state index contributed by atoms with van der Waals surface area (Å²) in [6, 6.07) is 8.16. The summed E-state index contributed by atoms with van der Waals surface area (Å²) in [6.07, 6.45) is 0.589. The van der Waals surface area contributed by atoms with Crippen LogP contribution in [0, 0.1) is 6.92 Å². The fourth-order valence-corrected chi connectivity index (χ4v) is 2.45. The molecule has 3 nitrogen and oxygen atoms in total. The van der Waals surface area contributed by atoms with Gasteiger partial charge in [-0.25, -0.2) is 4.98 Å². The van der Waals surface area contributed by atoms with Crippen molar-refractivity contribution in [1.82, 2.24) is 9.55 Å². The first kappa shape index (κ1) is 12.3. The van der Waals surface area contributed by atoms with E-state index < -0.39 is 0 Å². The lowest BCUT2D eigenvalue weighted by Crippen LogP contribution is -2.02. The third-order valence-corrected chi connectivity index (χ3v) is 3.29. The molecule has 1 N–H and O–H groups in total. The molecule has 1 heterocycles. The van der Waals surface area contributed by atoms with E-state index in [-0.39, 0.29) is 6.61 Å². The molecular weight excluding hydrogens is 280 g/mol. The minimum atomic E-state index is 0.127. The van der Waals surface area contributed by atoms with Gasteiger partial charge in [-0.05, 0) is 19.1 Å². The second-order valence-electron chi connectivity index (χ2n) is 4.01. The van der Waals surface area contributed by atoms with Gasteiger partial charge in [0.05, 0.1) is 18.0 Å². The Kier molecular flexibility index (Phi) is 3.64. The molecular formula is C13H15BrN2O. The van der Waals surface area contributed by atoms with Crippen LogP contribution >= 0.6 is 15.9 Å². The average Bonchev–Trinajstić information content (AvgIpc) is 2.55. The molecule has 0 aliphatic carbocycles. The van der Waals surface area contributed by atoms with Gasteiger partial charge in [-0.1, -0.05) is 28.1 Å².